The molecule has 0 atom stereocenters. The molecule has 1 amide bonds. The quantitative estimate of drug-likeness (QED) is 0.820. The molecule has 2 rings (SSSR count). The average Bonchev–Trinajstić information content (AvgIpc) is 2.90. The Kier molecular flexibility index (Phi) is 4.50. The van der Waals surface area contributed by atoms with Gasteiger partial charge in [-0.1, -0.05) is 29.4 Å². The molecule has 0 saturated carbocycles. The van der Waals surface area contributed by atoms with E-state index in [1.54, 1.807) is 19.1 Å². The first-order valence-corrected chi connectivity index (χ1v) is 6.25. The molecule has 0 bridgehead atoms. The van der Waals surface area contributed by atoms with Gasteiger partial charge in [0.1, 0.15) is 0 Å². The van der Waals surface area contributed by atoms with E-state index >= 15 is 0 Å². The Morgan fingerprint density at radius 1 is 1.33 bits per heavy atom. The van der Waals surface area contributed by atoms with E-state index in [1.807, 2.05) is 12.1 Å². The van der Waals surface area contributed by atoms with Crippen LogP contribution in [0.5, 0.6) is 0 Å². The second-order valence-corrected chi connectivity index (χ2v) is 4.43. The van der Waals surface area contributed by atoms with Gasteiger partial charge in [0.05, 0.1) is 6.20 Å². The van der Waals surface area contributed by atoms with Crippen LogP contribution < -0.4 is 5.32 Å². The van der Waals surface area contributed by atoms with Crippen LogP contribution in [0, 0.1) is 6.92 Å². The number of aliphatic carboxylic acids is 1. The van der Waals surface area contributed by atoms with E-state index in [9.17, 15) is 9.59 Å². The summed E-state index contributed by atoms with van der Waals surface area (Å²) in [5, 5.41) is 14.8. The van der Waals surface area contributed by atoms with E-state index in [-0.39, 0.29) is 11.7 Å². The Hall–Kier alpha value is -2.89. The van der Waals surface area contributed by atoms with E-state index in [2.05, 4.69) is 10.5 Å². The molecule has 6 nitrogen and oxygen atoms in total. The molecular formula is C15H14N2O4. The zero-order chi connectivity index (χ0) is 15.2. The highest BCUT2D eigenvalue weighted by molar-refractivity contribution is 5.92. The third-order valence-electron chi connectivity index (χ3n) is 2.81. The average molecular weight is 286 g/mol. The van der Waals surface area contributed by atoms with Crippen molar-refractivity contribution in [3.63, 3.8) is 0 Å². The first kappa shape index (κ1) is 14.5. The molecule has 2 aromatic rings. The molecule has 0 aliphatic rings. The van der Waals surface area contributed by atoms with E-state index in [0.717, 1.165) is 17.2 Å². The third-order valence-corrected chi connectivity index (χ3v) is 2.81. The normalized spacial score (nSPS) is 10.7. The molecular weight excluding hydrogens is 272 g/mol. The first-order chi connectivity index (χ1) is 10.1. The number of nitrogens with one attached hydrogen (secondary N) is 1. The van der Waals surface area contributed by atoms with Crippen molar-refractivity contribution in [2.75, 3.05) is 0 Å². The van der Waals surface area contributed by atoms with Gasteiger partial charge < -0.3 is 14.9 Å². The molecule has 0 saturated heterocycles. The second-order valence-electron chi connectivity index (χ2n) is 4.43. The van der Waals surface area contributed by atoms with Crippen LogP contribution in [-0.4, -0.2) is 22.1 Å². The lowest BCUT2D eigenvalue weighted by Crippen LogP contribution is -2.22. The zero-order valence-corrected chi connectivity index (χ0v) is 11.4. The predicted octanol–water partition coefficient (Wildman–Crippen LogP) is 2.01. The van der Waals surface area contributed by atoms with E-state index in [1.165, 1.54) is 12.3 Å². The summed E-state index contributed by atoms with van der Waals surface area (Å²) in [5.41, 5.74) is 2.35. The highest BCUT2D eigenvalue weighted by Gasteiger charge is 2.13. The number of amides is 1. The van der Waals surface area contributed by atoms with Crippen LogP contribution in [0.3, 0.4) is 0 Å². The van der Waals surface area contributed by atoms with Crippen LogP contribution in [0.2, 0.25) is 0 Å². The first-order valence-electron chi connectivity index (χ1n) is 6.25. The van der Waals surface area contributed by atoms with Crippen LogP contribution in [0.1, 0.15) is 27.2 Å². The van der Waals surface area contributed by atoms with Gasteiger partial charge in [-0.2, -0.15) is 0 Å². The predicted molar refractivity (Wildman–Crippen MR) is 75.5 cm³/mol. The van der Waals surface area contributed by atoms with E-state index in [4.69, 9.17) is 9.63 Å². The lowest BCUT2D eigenvalue weighted by Gasteiger charge is -2.04. The van der Waals surface area contributed by atoms with Crippen molar-refractivity contribution in [2.45, 2.75) is 13.5 Å². The highest BCUT2D eigenvalue weighted by atomic mass is 16.5. The Balaban J connectivity index is 1.93. The summed E-state index contributed by atoms with van der Waals surface area (Å²) >= 11 is 0. The maximum absolute atomic E-state index is 11.8. The molecule has 6 heteroatoms. The monoisotopic (exact) mass is 286 g/mol. The van der Waals surface area contributed by atoms with Gasteiger partial charge in [-0.15, -0.1) is 0 Å². The minimum atomic E-state index is -0.992. The second kappa shape index (κ2) is 6.51. The van der Waals surface area contributed by atoms with Crippen molar-refractivity contribution in [2.24, 2.45) is 0 Å². The number of carbonyl (C=O) groups is 2. The van der Waals surface area contributed by atoms with Crippen LogP contribution >= 0.6 is 0 Å². The van der Waals surface area contributed by atoms with Crippen LogP contribution in [-0.2, 0) is 11.3 Å². The molecule has 0 aliphatic heterocycles. The van der Waals surface area contributed by atoms with Gasteiger partial charge in [-0.3, -0.25) is 4.79 Å². The molecule has 0 aliphatic carbocycles. The SMILES string of the molecule is Cc1cnoc1C(=O)NCc1ccc(C=CC(=O)O)cc1. The number of carboxylic acid groups (broad SMARTS) is 1. The summed E-state index contributed by atoms with van der Waals surface area (Å²) in [4.78, 5) is 22.2. The summed E-state index contributed by atoms with van der Waals surface area (Å²) in [5.74, 6) is -1.11. The number of aryl methyl sites for hydroxylation is 1. The maximum Gasteiger partial charge on any atom is 0.328 e. The van der Waals surface area contributed by atoms with Gasteiger partial charge in [-0.05, 0) is 24.1 Å². The van der Waals surface area contributed by atoms with Crippen LogP contribution in [0.25, 0.3) is 6.08 Å². The van der Waals surface area contributed by atoms with Crippen LogP contribution in [0.4, 0.5) is 0 Å². The minimum Gasteiger partial charge on any atom is -0.478 e. The van der Waals surface area contributed by atoms with Gasteiger partial charge in [0.2, 0.25) is 5.76 Å². The Morgan fingerprint density at radius 2 is 2.05 bits per heavy atom. The number of nitrogens with zero attached hydrogens (tertiary/aromatic N) is 1. The fourth-order valence-electron chi connectivity index (χ4n) is 1.69. The van der Waals surface area contributed by atoms with Crippen molar-refractivity contribution in [1.29, 1.82) is 0 Å². The summed E-state index contributed by atoms with van der Waals surface area (Å²) < 4.78 is 4.86. The van der Waals surface area contributed by atoms with Crippen molar-refractivity contribution >= 4 is 18.0 Å². The summed E-state index contributed by atoms with van der Waals surface area (Å²) in [6.07, 6.45) is 4.06. The summed E-state index contributed by atoms with van der Waals surface area (Å²) in [7, 11) is 0. The van der Waals surface area contributed by atoms with Crippen molar-refractivity contribution in [3.8, 4) is 0 Å². The fourth-order valence-corrected chi connectivity index (χ4v) is 1.69. The van der Waals surface area contributed by atoms with Gasteiger partial charge in [0.25, 0.3) is 5.91 Å². The van der Waals surface area contributed by atoms with Crippen molar-refractivity contribution in [3.05, 3.63) is 59.0 Å². The smallest absolute Gasteiger partial charge is 0.328 e. The summed E-state index contributed by atoms with van der Waals surface area (Å²) in [6, 6.07) is 7.19. The molecule has 0 fully saturated rings. The highest BCUT2D eigenvalue weighted by Crippen LogP contribution is 2.08. The summed E-state index contributed by atoms with van der Waals surface area (Å²) in [6.45, 7) is 2.09. The van der Waals surface area contributed by atoms with Crippen molar-refractivity contribution in [1.82, 2.24) is 10.5 Å². The number of aromatic nitrogens is 1. The number of hydrogen-bond donors (Lipinski definition) is 2. The standard InChI is InChI=1S/C15H14N2O4/c1-10-8-17-21-14(10)15(20)16-9-12-4-2-11(3-5-12)6-7-13(18)19/h2-8H,9H2,1H3,(H,16,20)(H,18,19). The molecule has 108 valence electrons. The number of hydrogen-bond acceptors (Lipinski definition) is 4. The van der Waals surface area contributed by atoms with E-state index in [0.29, 0.717) is 12.1 Å². The molecule has 0 spiro atoms. The van der Waals surface area contributed by atoms with Crippen molar-refractivity contribution < 1.29 is 19.2 Å². The number of benzene rings is 1. The van der Waals surface area contributed by atoms with Gasteiger partial charge in [-0.25, -0.2) is 4.79 Å². The lowest BCUT2D eigenvalue weighted by atomic mass is 10.1. The Labute approximate surface area is 121 Å². The minimum absolute atomic E-state index is 0.205. The topological polar surface area (TPSA) is 92.4 Å². The van der Waals surface area contributed by atoms with Gasteiger partial charge in [0, 0.05) is 18.2 Å². The van der Waals surface area contributed by atoms with Gasteiger partial charge in [0.15, 0.2) is 0 Å². The van der Waals surface area contributed by atoms with E-state index < -0.39 is 5.97 Å². The molecule has 21 heavy (non-hydrogen) atoms. The molecule has 1 aromatic carbocycles. The maximum atomic E-state index is 11.8. The number of carboxylic acids is 1. The molecule has 1 heterocycles. The number of rotatable bonds is 5. The number of carbonyl (C=O) groups excluding carboxylic acids is 1. The van der Waals surface area contributed by atoms with Crippen LogP contribution in [0.15, 0.2) is 41.1 Å². The lowest BCUT2D eigenvalue weighted by molar-refractivity contribution is -0.131. The largest absolute Gasteiger partial charge is 0.478 e. The third kappa shape index (κ3) is 4.04. The molecule has 1 aromatic heterocycles. The Morgan fingerprint density at radius 3 is 2.62 bits per heavy atom. The molecule has 2 N–H and O–H groups in total. The fraction of sp³-hybridized carbons (Fsp3) is 0.133. The zero-order valence-electron chi connectivity index (χ0n) is 11.4. The Bertz CT molecular complexity index is 671. The molecule has 0 unspecified atom stereocenters. The molecule has 0 radical (unpaired) electrons. The van der Waals surface area contributed by atoms with Gasteiger partial charge >= 0.3 is 5.97 Å².